The van der Waals surface area contributed by atoms with E-state index in [0.29, 0.717) is 47.6 Å². The maximum Gasteiger partial charge on any atom is 0.573 e. The van der Waals surface area contributed by atoms with Crippen molar-refractivity contribution < 1.29 is 37.1 Å². The summed E-state index contributed by atoms with van der Waals surface area (Å²) < 4.78 is 49.8. The number of nitrogen functional groups attached to an aromatic ring is 1. The van der Waals surface area contributed by atoms with Crippen molar-refractivity contribution in [2.45, 2.75) is 42.2 Å². The minimum atomic E-state index is -4.85. The molecule has 14 heteroatoms. The monoisotopic (exact) mass is 527 g/mol. The van der Waals surface area contributed by atoms with Gasteiger partial charge in [0.25, 0.3) is 5.65 Å². The number of rotatable bonds is 8. The first-order chi connectivity index (χ1) is 17.2. The summed E-state index contributed by atoms with van der Waals surface area (Å²) >= 11 is 0.953. The Labute approximate surface area is 208 Å². The molecule has 0 aliphatic carbocycles. The Morgan fingerprint density at radius 1 is 1.36 bits per heavy atom. The van der Waals surface area contributed by atoms with Gasteiger partial charge in [0, 0.05) is 13.1 Å². The number of hydrogen-bond donors (Lipinski definition) is 3. The number of aliphatic hydroxyl groups is 1. The zero-order valence-electron chi connectivity index (χ0n) is 19.4. The van der Waals surface area contributed by atoms with Crippen molar-refractivity contribution >= 4 is 34.7 Å². The Balaban J connectivity index is 1.51. The average Bonchev–Trinajstić information content (AvgIpc) is 3.28. The molecule has 0 radical (unpaired) electrons. The third kappa shape index (κ3) is 6.10. The molecule has 0 bridgehead atoms. The Bertz CT molecular complexity index is 1230. The van der Waals surface area contributed by atoms with Crippen LogP contribution < -0.4 is 19.8 Å². The Kier molecular flexibility index (Phi) is 7.73. The number of anilines is 1. The number of H-pyrrole nitrogens is 1. The van der Waals surface area contributed by atoms with E-state index in [1.54, 1.807) is 11.2 Å². The number of halogens is 3. The van der Waals surface area contributed by atoms with Gasteiger partial charge in [-0.05, 0) is 55.1 Å². The summed E-state index contributed by atoms with van der Waals surface area (Å²) in [5.74, 6) is 0.340. The number of ether oxygens (including phenoxy) is 2. The van der Waals surface area contributed by atoms with Crippen LogP contribution in [0.15, 0.2) is 34.6 Å². The van der Waals surface area contributed by atoms with Gasteiger partial charge in [-0.1, -0.05) is 9.97 Å². The molecule has 1 aromatic carbocycles. The van der Waals surface area contributed by atoms with Crippen LogP contribution in [0.3, 0.4) is 0 Å². The number of aryl methyl sites for hydroxylation is 1. The number of aromatic nitrogens is 4. The molecule has 1 amide bonds. The molecule has 194 valence electrons. The highest BCUT2D eigenvalue weighted by Crippen LogP contribution is 2.39. The highest BCUT2D eigenvalue weighted by Gasteiger charge is 2.33. The molecule has 1 saturated heterocycles. The number of methoxy groups -OCH3 is 1. The number of fused-ring (bicyclic) bond motifs is 1. The normalized spacial score (nSPS) is 14.9. The largest absolute Gasteiger partial charge is 0.573 e. The topological polar surface area (TPSA) is 130 Å². The number of carbonyl (C=O) groups excluding carboxylic acids is 1. The number of piperidine rings is 1. The molecule has 36 heavy (non-hydrogen) atoms. The summed E-state index contributed by atoms with van der Waals surface area (Å²) in [5, 5.41) is 9.34. The summed E-state index contributed by atoms with van der Waals surface area (Å²) in [6.07, 6.45) is -0.784. The van der Waals surface area contributed by atoms with Gasteiger partial charge in [0.2, 0.25) is 23.2 Å². The van der Waals surface area contributed by atoms with Crippen LogP contribution in [-0.4, -0.2) is 64.0 Å². The number of alkyl halides is 3. The Morgan fingerprint density at radius 2 is 2.11 bits per heavy atom. The second-order valence-electron chi connectivity index (χ2n) is 8.30. The van der Waals surface area contributed by atoms with Gasteiger partial charge in [-0.3, -0.25) is 4.79 Å². The van der Waals surface area contributed by atoms with E-state index in [-0.39, 0.29) is 22.4 Å². The Morgan fingerprint density at radius 3 is 2.78 bits per heavy atom. The predicted molar refractivity (Wildman–Crippen MR) is 123 cm³/mol. The van der Waals surface area contributed by atoms with Gasteiger partial charge in [-0.15, -0.1) is 13.2 Å². The third-order valence-corrected chi connectivity index (χ3v) is 6.92. The van der Waals surface area contributed by atoms with Gasteiger partial charge in [-0.25, -0.2) is 4.57 Å². The van der Waals surface area contributed by atoms with Crippen molar-refractivity contribution in [2.75, 3.05) is 32.5 Å². The van der Waals surface area contributed by atoms with Crippen LogP contribution in [0, 0.1) is 5.92 Å². The summed E-state index contributed by atoms with van der Waals surface area (Å²) in [4.78, 5) is 25.3. The minimum absolute atomic E-state index is 0.160. The molecule has 1 fully saturated rings. The number of nitrogens with two attached hydrogens (primary N) is 1. The summed E-state index contributed by atoms with van der Waals surface area (Å²) in [5.41, 5.74) is 7.03. The smallest absolute Gasteiger partial charge is 0.497 e. The van der Waals surface area contributed by atoms with Gasteiger partial charge in [0.1, 0.15) is 18.1 Å². The molecule has 0 saturated carbocycles. The lowest BCUT2D eigenvalue weighted by atomic mass is 9.93. The molecule has 4 rings (SSSR count). The molecule has 10 nitrogen and oxygen atoms in total. The molecule has 1 aliphatic rings. The maximum atomic E-state index is 12.9. The van der Waals surface area contributed by atoms with Crippen molar-refractivity contribution in [3.8, 4) is 11.5 Å². The summed E-state index contributed by atoms with van der Waals surface area (Å²) in [6.45, 7) is 1.33. The first-order valence-corrected chi connectivity index (χ1v) is 12.0. The van der Waals surface area contributed by atoms with Gasteiger partial charge in [0.05, 0.1) is 18.6 Å². The third-order valence-electron chi connectivity index (χ3n) is 5.99. The number of amides is 1. The average molecular weight is 528 g/mol. The van der Waals surface area contributed by atoms with E-state index in [0.717, 1.165) is 31.0 Å². The number of benzene rings is 1. The van der Waals surface area contributed by atoms with Crippen LogP contribution in [0.1, 0.15) is 19.3 Å². The number of hydrogen-bond acceptors (Lipinski definition) is 8. The molecule has 4 N–H and O–H groups in total. The second-order valence-corrected chi connectivity index (χ2v) is 9.33. The van der Waals surface area contributed by atoms with E-state index in [9.17, 15) is 18.0 Å². The highest BCUT2D eigenvalue weighted by molar-refractivity contribution is 7.99. The van der Waals surface area contributed by atoms with Crippen LogP contribution in [-0.2, 0) is 11.3 Å². The van der Waals surface area contributed by atoms with Crippen molar-refractivity contribution in [1.82, 2.24) is 19.9 Å². The number of nitrogens with zero attached hydrogens (tertiary/aromatic N) is 4. The highest BCUT2D eigenvalue weighted by atomic mass is 32.2. The van der Waals surface area contributed by atoms with E-state index < -0.39 is 13.0 Å². The van der Waals surface area contributed by atoms with Crippen molar-refractivity contribution in [2.24, 2.45) is 5.92 Å². The van der Waals surface area contributed by atoms with Crippen LogP contribution in [0.2, 0.25) is 0 Å². The van der Waals surface area contributed by atoms with Crippen molar-refractivity contribution in [3.05, 3.63) is 24.5 Å². The first-order valence-electron chi connectivity index (χ1n) is 11.2. The zero-order chi connectivity index (χ0) is 25.9. The maximum absolute atomic E-state index is 12.9. The number of aliphatic hydroxyl groups excluding tert-OH is 1. The standard InChI is InChI=1S/C22H25F3N6O4S/c1-34-14-2-3-15(35-22(23,24)25)16(10-14)36-21-28-18-19(26)27-12-31(20(18)29-21)9-6-13-4-7-30(8-5-13)17(33)11-32/h2-3,10,12-13,32H,4-9,11H2,1H3,(H2,26,28,29)/p+1. The van der Waals surface area contributed by atoms with Crippen LogP contribution in [0.5, 0.6) is 11.5 Å². The molecule has 0 unspecified atom stereocenters. The zero-order valence-corrected chi connectivity index (χ0v) is 20.2. The van der Waals surface area contributed by atoms with Gasteiger partial charge in [0.15, 0.2) is 5.52 Å². The van der Waals surface area contributed by atoms with Crippen LogP contribution in [0.4, 0.5) is 19.0 Å². The summed E-state index contributed by atoms with van der Waals surface area (Å²) in [7, 11) is 1.42. The number of aromatic amines is 1. The predicted octanol–water partition coefficient (Wildman–Crippen LogP) is 2.51. The van der Waals surface area contributed by atoms with Crippen LogP contribution in [0.25, 0.3) is 11.2 Å². The Hall–Kier alpha value is -3.26. The first kappa shape index (κ1) is 25.8. The van der Waals surface area contributed by atoms with Crippen molar-refractivity contribution in [1.29, 1.82) is 0 Å². The molecule has 3 heterocycles. The van der Waals surface area contributed by atoms with Crippen molar-refractivity contribution in [3.63, 3.8) is 0 Å². The molecule has 0 atom stereocenters. The summed E-state index contributed by atoms with van der Waals surface area (Å²) in [6, 6.07) is 4.00. The molecule has 3 aromatic rings. The fraction of sp³-hybridized carbons (Fsp3) is 0.455. The quantitative estimate of drug-likeness (QED) is 0.381. The molecular formula is C22H26F3N6O4S+. The molecule has 2 aromatic heterocycles. The SMILES string of the molecule is COc1ccc(OC(F)(F)F)c(Sc2nc3c([nH]2)c(N)nc[n+]3CCC2CCN(C(=O)CO)CC2)c1. The van der Waals surface area contributed by atoms with Gasteiger partial charge in [-0.2, -0.15) is 0 Å². The number of nitrogens with one attached hydrogen (secondary N) is 1. The van der Waals surface area contributed by atoms with E-state index in [2.05, 4.69) is 19.7 Å². The minimum Gasteiger partial charge on any atom is -0.497 e. The van der Waals surface area contributed by atoms with Gasteiger partial charge < -0.3 is 30.2 Å². The lowest BCUT2D eigenvalue weighted by Gasteiger charge is -2.31. The van der Waals surface area contributed by atoms with Gasteiger partial charge >= 0.3 is 6.36 Å². The lowest BCUT2D eigenvalue weighted by Crippen LogP contribution is -2.41. The fourth-order valence-corrected chi connectivity index (χ4v) is 4.97. The van der Waals surface area contributed by atoms with Crippen LogP contribution >= 0.6 is 11.8 Å². The second kappa shape index (κ2) is 10.8. The molecule has 1 aliphatic heterocycles. The van der Waals surface area contributed by atoms with E-state index >= 15 is 0 Å². The lowest BCUT2D eigenvalue weighted by molar-refractivity contribution is -0.677. The molecule has 0 spiro atoms. The number of carbonyl (C=O) groups is 1. The van der Waals surface area contributed by atoms with E-state index in [4.69, 9.17) is 15.6 Å². The molecular weight excluding hydrogens is 501 g/mol. The van der Waals surface area contributed by atoms with E-state index in [1.807, 2.05) is 4.57 Å². The fourth-order valence-electron chi connectivity index (χ4n) is 4.09. The number of imidazole rings is 1. The van der Waals surface area contributed by atoms with E-state index in [1.165, 1.54) is 25.3 Å². The number of likely N-dealkylation sites (tertiary alicyclic amines) is 1.